The van der Waals surface area contributed by atoms with Crippen LogP contribution in [-0.2, 0) is 10.1 Å². The first-order chi connectivity index (χ1) is 10.4. The van der Waals surface area contributed by atoms with Crippen molar-refractivity contribution in [3.8, 4) is 5.75 Å². The summed E-state index contributed by atoms with van der Waals surface area (Å²) in [5.74, 6) is 0.181. The molecule has 3 aromatic rings. The van der Waals surface area contributed by atoms with Gasteiger partial charge in [-0.1, -0.05) is 17.7 Å². The van der Waals surface area contributed by atoms with E-state index in [1.165, 1.54) is 29.0 Å². The minimum Gasteiger partial charge on any atom is -0.382 e. The molecular weight excluding hydrogens is 372 g/mol. The van der Waals surface area contributed by atoms with Crippen LogP contribution in [-0.4, -0.2) is 23.0 Å². The number of anilines is 1. The number of rotatable bonds is 3. The maximum Gasteiger partial charge on any atom is 0.339 e. The highest BCUT2D eigenvalue weighted by Gasteiger charge is 2.21. The normalized spacial score (nSPS) is 11.7. The summed E-state index contributed by atoms with van der Waals surface area (Å²) in [5.41, 5.74) is 7.02. The lowest BCUT2D eigenvalue weighted by molar-refractivity contribution is 0.488. The van der Waals surface area contributed by atoms with Crippen LogP contribution in [0.15, 0.2) is 46.2 Å². The first-order valence-corrected chi connectivity index (χ1v) is 8.37. The Hall–Kier alpha value is -2.13. The van der Waals surface area contributed by atoms with Gasteiger partial charge in [0.1, 0.15) is 15.8 Å². The zero-order valence-electron chi connectivity index (χ0n) is 11.4. The number of hydrogen-bond acceptors (Lipinski definition) is 6. The van der Waals surface area contributed by atoms with Gasteiger partial charge in [0, 0.05) is 6.07 Å². The molecule has 9 heteroatoms. The van der Waals surface area contributed by atoms with E-state index in [-0.39, 0.29) is 22.0 Å². The van der Waals surface area contributed by atoms with E-state index < -0.39 is 10.1 Å². The Bertz CT molecular complexity index is 951. The van der Waals surface area contributed by atoms with Crippen LogP contribution in [0.5, 0.6) is 5.75 Å². The molecular formula is C13H11BrN4O3S. The summed E-state index contributed by atoms with van der Waals surface area (Å²) >= 11 is 3.27. The van der Waals surface area contributed by atoms with E-state index in [1.807, 2.05) is 6.92 Å². The molecule has 0 aliphatic rings. The molecule has 22 heavy (non-hydrogen) atoms. The third-order valence-electron chi connectivity index (χ3n) is 3.01. The molecule has 0 unspecified atom stereocenters. The number of hydrogen-bond donors (Lipinski definition) is 1. The first-order valence-electron chi connectivity index (χ1n) is 6.17. The number of benzene rings is 1. The number of fused-ring (bicyclic) bond motifs is 1. The van der Waals surface area contributed by atoms with E-state index in [0.29, 0.717) is 4.60 Å². The van der Waals surface area contributed by atoms with Crippen molar-refractivity contribution in [2.45, 2.75) is 11.8 Å². The fourth-order valence-electron chi connectivity index (χ4n) is 1.93. The molecule has 2 heterocycles. The molecule has 0 saturated carbocycles. The Morgan fingerprint density at radius 1 is 1.27 bits per heavy atom. The third kappa shape index (κ3) is 2.53. The third-order valence-corrected chi connectivity index (χ3v) is 4.83. The van der Waals surface area contributed by atoms with Crippen molar-refractivity contribution in [1.82, 2.24) is 14.6 Å². The quantitative estimate of drug-likeness (QED) is 0.696. The summed E-state index contributed by atoms with van der Waals surface area (Å²) in [6.45, 7) is 1.87. The van der Waals surface area contributed by atoms with Gasteiger partial charge in [0.15, 0.2) is 17.1 Å². The van der Waals surface area contributed by atoms with Crippen LogP contribution >= 0.6 is 15.9 Å². The second-order valence-corrected chi connectivity index (χ2v) is 6.95. The SMILES string of the molecule is Cc1ccc(S(=O)(=O)Oc2cc(Br)n3ncnc(N)c23)cc1. The minimum atomic E-state index is -3.97. The smallest absolute Gasteiger partial charge is 0.339 e. The molecule has 0 atom stereocenters. The predicted molar refractivity (Wildman–Crippen MR) is 84.1 cm³/mol. The Morgan fingerprint density at radius 2 is 1.95 bits per heavy atom. The first kappa shape index (κ1) is 14.8. The van der Waals surface area contributed by atoms with Gasteiger partial charge in [-0.2, -0.15) is 13.5 Å². The Morgan fingerprint density at radius 3 is 2.64 bits per heavy atom. The average molecular weight is 383 g/mol. The number of halogens is 1. The summed E-state index contributed by atoms with van der Waals surface area (Å²) in [5, 5.41) is 3.98. The standard InChI is InChI=1S/C13H11BrN4O3S/c1-8-2-4-9(5-3-8)22(19,20)21-10-6-11(14)18-12(10)13(15)16-7-17-18/h2-7H,1H3,(H2,15,16,17). The van der Waals surface area contributed by atoms with Crippen LogP contribution in [0.2, 0.25) is 0 Å². The monoisotopic (exact) mass is 382 g/mol. The number of aromatic nitrogens is 3. The van der Waals surface area contributed by atoms with E-state index in [2.05, 4.69) is 26.0 Å². The summed E-state index contributed by atoms with van der Waals surface area (Å²) < 4.78 is 31.8. The van der Waals surface area contributed by atoms with Gasteiger partial charge in [0.2, 0.25) is 0 Å². The molecule has 2 aromatic heterocycles. The van der Waals surface area contributed by atoms with Gasteiger partial charge in [-0.25, -0.2) is 9.50 Å². The minimum absolute atomic E-state index is 0.0593. The molecule has 0 saturated heterocycles. The van der Waals surface area contributed by atoms with Crippen molar-refractivity contribution >= 4 is 37.4 Å². The van der Waals surface area contributed by atoms with E-state index in [1.54, 1.807) is 12.1 Å². The highest BCUT2D eigenvalue weighted by Crippen LogP contribution is 2.32. The molecule has 0 fully saturated rings. The fourth-order valence-corrected chi connectivity index (χ4v) is 3.34. The molecule has 0 bridgehead atoms. The van der Waals surface area contributed by atoms with Gasteiger partial charge in [0.05, 0.1) is 0 Å². The molecule has 0 amide bonds. The highest BCUT2D eigenvalue weighted by atomic mass is 79.9. The zero-order valence-corrected chi connectivity index (χ0v) is 13.8. The van der Waals surface area contributed by atoms with Crippen LogP contribution in [0.1, 0.15) is 5.56 Å². The Kier molecular flexibility index (Phi) is 3.53. The summed E-state index contributed by atoms with van der Waals surface area (Å²) in [6.07, 6.45) is 1.27. The van der Waals surface area contributed by atoms with Crippen LogP contribution in [0.3, 0.4) is 0 Å². The summed E-state index contributed by atoms with van der Waals surface area (Å²) in [7, 11) is -3.97. The maximum absolute atomic E-state index is 12.3. The predicted octanol–water partition coefficient (Wildman–Crippen LogP) is 2.15. The van der Waals surface area contributed by atoms with Crippen LogP contribution < -0.4 is 9.92 Å². The highest BCUT2D eigenvalue weighted by molar-refractivity contribution is 9.10. The molecule has 1 aromatic carbocycles. The molecule has 114 valence electrons. The van der Waals surface area contributed by atoms with Crippen LogP contribution in [0.25, 0.3) is 5.52 Å². The second-order valence-electron chi connectivity index (χ2n) is 4.59. The molecule has 7 nitrogen and oxygen atoms in total. The molecule has 0 aliphatic heterocycles. The fraction of sp³-hybridized carbons (Fsp3) is 0.0769. The lowest BCUT2D eigenvalue weighted by Gasteiger charge is -2.07. The average Bonchev–Trinajstić information content (AvgIpc) is 2.76. The van der Waals surface area contributed by atoms with E-state index in [4.69, 9.17) is 9.92 Å². The van der Waals surface area contributed by atoms with Gasteiger partial charge in [-0.15, -0.1) is 0 Å². The molecule has 0 radical (unpaired) electrons. The summed E-state index contributed by atoms with van der Waals surface area (Å²) in [6, 6.07) is 7.84. The largest absolute Gasteiger partial charge is 0.382 e. The van der Waals surface area contributed by atoms with Crippen molar-refractivity contribution < 1.29 is 12.6 Å². The molecule has 0 aliphatic carbocycles. The summed E-state index contributed by atoms with van der Waals surface area (Å²) in [4.78, 5) is 3.91. The van der Waals surface area contributed by atoms with Gasteiger partial charge in [0.25, 0.3) is 0 Å². The van der Waals surface area contributed by atoms with Gasteiger partial charge >= 0.3 is 10.1 Å². The number of nitrogens with zero attached hydrogens (tertiary/aromatic N) is 3. The molecule has 2 N–H and O–H groups in total. The topological polar surface area (TPSA) is 99.6 Å². The van der Waals surface area contributed by atoms with Gasteiger partial charge in [-0.05, 0) is 35.0 Å². The molecule has 3 rings (SSSR count). The number of aryl methyl sites for hydroxylation is 1. The number of nitrogen functional groups attached to an aromatic ring is 1. The Balaban J connectivity index is 2.08. The maximum atomic E-state index is 12.3. The van der Waals surface area contributed by atoms with Crippen molar-refractivity contribution in [2.24, 2.45) is 0 Å². The number of nitrogens with two attached hydrogens (primary N) is 1. The van der Waals surface area contributed by atoms with Crippen molar-refractivity contribution in [1.29, 1.82) is 0 Å². The van der Waals surface area contributed by atoms with Crippen LogP contribution in [0.4, 0.5) is 5.82 Å². The van der Waals surface area contributed by atoms with Crippen molar-refractivity contribution in [3.05, 3.63) is 46.8 Å². The van der Waals surface area contributed by atoms with Gasteiger partial charge in [-0.3, -0.25) is 0 Å². The second kappa shape index (κ2) is 5.25. The lowest BCUT2D eigenvalue weighted by atomic mass is 10.2. The Labute approximate surface area is 135 Å². The van der Waals surface area contributed by atoms with Crippen molar-refractivity contribution in [3.63, 3.8) is 0 Å². The zero-order chi connectivity index (χ0) is 15.9. The van der Waals surface area contributed by atoms with E-state index in [9.17, 15) is 8.42 Å². The molecule has 0 spiro atoms. The van der Waals surface area contributed by atoms with E-state index >= 15 is 0 Å². The van der Waals surface area contributed by atoms with Gasteiger partial charge < -0.3 is 9.92 Å². The lowest BCUT2D eigenvalue weighted by Crippen LogP contribution is -2.10. The van der Waals surface area contributed by atoms with Crippen molar-refractivity contribution in [2.75, 3.05) is 5.73 Å². The van der Waals surface area contributed by atoms with Crippen LogP contribution in [0, 0.1) is 6.92 Å². The van der Waals surface area contributed by atoms with E-state index in [0.717, 1.165) is 5.56 Å².